The third-order valence-corrected chi connectivity index (χ3v) is 5.00. The Kier molecular flexibility index (Phi) is 4.43. The van der Waals surface area contributed by atoms with Gasteiger partial charge in [-0.15, -0.1) is 5.10 Å². The number of amides is 2. The molecule has 4 rings (SSSR count). The highest BCUT2D eigenvalue weighted by molar-refractivity contribution is 6.04. The molecule has 7 heteroatoms. The van der Waals surface area contributed by atoms with E-state index in [9.17, 15) is 9.59 Å². The van der Waals surface area contributed by atoms with Crippen LogP contribution in [0.15, 0.2) is 48.5 Å². The van der Waals surface area contributed by atoms with Crippen molar-refractivity contribution in [1.82, 2.24) is 15.0 Å². The molecule has 3 aromatic rings. The van der Waals surface area contributed by atoms with Gasteiger partial charge in [0.1, 0.15) is 0 Å². The highest BCUT2D eigenvalue weighted by Crippen LogP contribution is 2.34. The minimum Gasteiger partial charge on any atom is -0.321 e. The zero-order valence-corrected chi connectivity index (χ0v) is 16.0. The zero-order valence-electron chi connectivity index (χ0n) is 16.0. The van der Waals surface area contributed by atoms with Crippen molar-refractivity contribution in [3.63, 3.8) is 0 Å². The Balaban J connectivity index is 1.57. The molecule has 2 aromatic carbocycles. The van der Waals surface area contributed by atoms with Gasteiger partial charge in [0, 0.05) is 24.3 Å². The van der Waals surface area contributed by atoms with Crippen LogP contribution in [0.3, 0.4) is 0 Å². The molecule has 2 heterocycles. The van der Waals surface area contributed by atoms with Gasteiger partial charge in [-0.2, -0.15) is 0 Å². The lowest BCUT2D eigenvalue weighted by Crippen LogP contribution is -2.33. The van der Waals surface area contributed by atoms with Gasteiger partial charge in [0.2, 0.25) is 5.91 Å². The Hall–Kier alpha value is -3.48. The fourth-order valence-corrected chi connectivity index (χ4v) is 3.73. The van der Waals surface area contributed by atoms with Crippen molar-refractivity contribution in [2.24, 2.45) is 0 Å². The standard InChI is InChI=1S/C21H21N5O2/c1-13-11-16-12-17(9-10-19(16)25(13)15(3)27)22-21(28)20-14(2)26(24-23-20)18-7-5-4-6-8-18/h4-10,12-13H,11H2,1-3H3,(H,22,28)/t13-/m1/s1. The number of aromatic nitrogens is 3. The van der Waals surface area contributed by atoms with Crippen LogP contribution in [0.2, 0.25) is 0 Å². The third-order valence-electron chi connectivity index (χ3n) is 5.00. The Morgan fingerprint density at radius 3 is 2.61 bits per heavy atom. The first-order chi connectivity index (χ1) is 13.5. The van der Waals surface area contributed by atoms with Gasteiger partial charge in [0.25, 0.3) is 5.91 Å². The number of nitrogens with one attached hydrogen (secondary N) is 1. The molecule has 0 radical (unpaired) electrons. The van der Waals surface area contributed by atoms with E-state index in [1.54, 1.807) is 16.5 Å². The minimum absolute atomic E-state index is 0.0242. The predicted octanol–water partition coefficient (Wildman–Crippen LogP) is 3.13. The van der Waals surface area contributed by atoms with Gasteiger partial charge in [-0.05, 0) is 56.2 Å². The average Bonchev–Trinajstić information content (AvgIpc) is 3.21. The van der Waals surface area contributed by atoms with E-state index in [-0.39, 0.29) is 23.6 Å². The monoisotopic (exact) mass is 375 g/mol. The van der Waals surface area contributed by atoms with Gasteiger partial charge < -0.3 is 10.2 Å². The first kappa shape index (κ1) is 17.9. The molecule has 1 aromatic heterocycles. The number of para-hydroxylation sites is 1. The normalized spacial score (nSPS) is 15.4. The second kappa shape index (κ2) is 6.92. The molecule has 0 fully saturated rings. The summed E-state index contributed by atoms with van der Waals surface area (Å²) in [6.07, 6.45) is 0.766. The van der Waals surface area contributed by atoms with Crippen LogP contribution in [-0.4, -0.2) is 32.9 Å². The lowest BCUT2D eigenvalue weighted by molar-refractivity contribution is -0.116. The van der Waals surface area contributed by atoms with Crippen molar-refractivity contribution < 1.29 is 9.59 Å². The number of nitrogens with zero attached hydrogens (tertiary/aromatic N) is 4. The number of benzene rings is 2. The predicted molar refractivity (Wildman–Crippen MR) is 107 cm³/mol. The maximum Gasteiger partial charge on any atom is 0.278 e. The van der Waals surface area contributed by atoms with Crippen LogP contribution in [0.4, 0.5) is 11.4 Å². The molecule has 1 atom stereocenters. The topological polar surface area (TPSA) is 80.1 Å². The van der Waals surface area contributed by atoms with Crippen molar-refractivity contribution in [3.05, 3.63) is 65.5 Å². The van der Waals surface area contributed by atoms with Gasteiger partial charge in [0.05, 0.1) is 11.4 Å². The fourth-order valence-electron chi connectivity index (χ4n) is 3.73. The van der Waals surface area contributed by atoms with E-state index in [0.717, 1.165) is 23.4 Å². The van der Waals surface area contributed by atoms with Gasteiger partial charge in [-0.1, -0.05) is 23.4 Å². The molecule has 1 aliphatic heterocycles. The largest absolute Gasteiger partial charge is 0.321 e. The Bertz CT molecular complexity index is 1060. The van der Waals surface area contributed by atoms with Gasteiger partial charge in [0.15, 0.2) is 5.69 Å². The minimum atomic E-state index is -0.311. The lowest BCUT2D eigenvalue weighted by atomic mass is 10.1. The van der Waals surface area contributed by atoms with Crippen molar-refractivity contribution in [1.29, 1.82) is 0 Å². The summed E-state index contributed by atoms with van der Waals surface area (Å²) in [5.74, 6) is -0.287. The van der Waals surface area contributed by atoms with Crippen molar-refractivity contribution in [2.75, 3.05) is 10.2 Å². The smallest absolute Gasteiger partial charge is 0.278 e. The summed E-state index contributed by atoms with van der Waals surface area (Å²) in [6, 6.07) is 15.3. The van der Waals surface area contributed by atoms with Crippen LogP contribution in [0.5, 0.6) is 0 Å². The summed E-state index contributed by atoms with van der Waals surface area (Å²) in [5, 5.41) is 11.1. The van der Waals surface area contributed by atoms with Crippen molar-refractivity contribution in [3.8, 4) is 5.69 Å². The summed E-state index contributed by atoms with van der Waals surface area (Å²) in [5.41, 5.74) is 4.43. The van der Waals surface area contributed by atoms with E-state index in [1.165, 1.54) is 0 Å². The number of hydrogen-bond acceptors (Lipinski definition) is 4. The Morgan fingerprint density at radius 2 is 1.89 bits per heavy atom. The van der Waals surface area contributed by atoms with E-state index in [4.69, 9.17) is 0 Å². The molecular formula is C21H21N5O2. The number of carbonyl (C=O) groups excluding carboxylic acids is 2. The van der Waals surface area contributed by atoms with Crippen LogP contribution in [-0.2, 0) is 11.2 Å². The van der Waals surface area contributed by atoms with E-state index in [0.29, 0.717) is 11.4 Å². The molecular weight excluding hydrogens is 354 g/mol. The van der Waals surface area contributed by atoms with E-state index in [1.807, 2.05) is 62.4 Å². The second-order valence-electron chi connectivity index (χ2n) is 7.01. The summed E-state index contributed by atoms with van der Waals surface area (Å²) in [7, 11) is 0. The van der Waals surface area contributed by atoms with Crippen molar-refractivity contribution >= 4 is 23.2 Å². The molecule has 0 saturated carbocycles. The average molecular weight is 375 g/mol. The fraction of sp³-hybridized carbons (Fsp3) is 0.238. The van der Waals surface area contributed by atoms with Crippen LogP contribution in [0.25, 0.3) is 5.69 Å². The van der Waals surface area contributed by atoms with Gasteiger partial charge in [-0.3, -0.25) is 9.59 Å². The van der Waals surface area contributed by atoms with Crippen molar-refractivity contribution in [2.45, 2.75) is 33.2 Å². The molecule has 1 aliphatic rings. The molecule has 0 spiro atoms. The van der Waals surface area contributed by atoms with Crippen LogP contribution >= 0.6 is 0 Å². The quantitative estimate of drug-likeness (QED) is 0.763. The number of hydrogen-bond donors (Lipinski definition) is 1. The molecule has 142 valence electrons. The Morgan fingerprint density at radius 1 is 1.14 bits per heavy atom. The number of fused-ring (bicyclic) bond motifs is 1. The first-order valence-corrected chi connectivity index (χ1v) is 9.17. The number of carbonyl (C=O) groups is 2. The van der Waals surface area contributed by atoms with Crippen LogP contribution in [0.1, 0.15) is 35.6 Å². The van der Waals surface area contributed by atoms with Gasteiger partial charge >= 0.3 is 0 Å². The zero-order chi connectivity index (χ0) is 19.8. The van der Waals surface area contributed by atoms with E-state index in [2.05, 4.69) is 15.6 Å². The summed E-state index contributed by atoms with van der Waals surface area (Å²) >= 11 is 0. The van der Waals surface area contributed by atoms with Crippen LogP contribution < -0.4 is 10.2 Å². The highest BCUT2D eigenvalue weighted by Gasteiger charge is 2.29. The molecule has 1 N–H and O–H groups in total. The summed E-state index contributed by atoms with van der Waals surface area (Å²) in [6.45, 7) is 5.40. The molecule has 7 nitrogen and oxygen atoms in total. The molecule has 28 heavy (non-hydrogen) atoms. The molecule has 0 bridgehead atoms. The SMILES string of the molecule is CC(=O)N1c2ccc(NC(=O)c3nnn(-c4ccccc4)c3C)cc2C[C@H]1C. The highest BCUT2D eigenvalue weighted by atomic mass is 16.2. The Labute approximate surface area is 163 Å². The molecule has 0 aliphatic carbocycles. The summed E-state index contributed by atoms with van der Waals surface area (Å²) in [4.78, 5) is 26.4. The molecule has 0 saturated heterocycles. The molecule has 2 amide bonds. The third kappa shape index (κ3) is 3.05. The second-order valence-corrected chi connectivity index (χ2v) is 7.01. The van der Waals surface area contributed by atoms with Crippen LogP contribution in [0, 0.1) is 6.92 Å². The lowest BCUT2D eigenvalue weighted by Gasteiger charge is -2.20. The first-order valence-electron chi connectivity index (χ1n) is 9.17. The van der Waals surface area contributed by atoms with E-state index < -0.39 is 0 Å². The van der Waals surface area contributed by atoms with Gasteiger partial charge in [-0.25, -0.2) is 4.68 Å². The number of anilines is 2. The maximum absolute atomic E-state index is 12.7. The maximum atomic E-state index is 12.7. The number of rotatable bonds is 3. The van der Waals surface area contributed by atoms with E-state index >= 15 is 0 Å². The molecule has 0 unspecified atom stereocenters. The summed E-state index contributed by atoms with van der Waals surface area (Å²) < 4.78 is 1.64.